The molecule has 4 aromatic rings. The molecule has 3 aromatic carbocycles. The maximum absolute atomic E-state index is 14.4. The van der Waals surface area contributed by atoms with E-state index >= 15 is 0 Å². The van der Waals surface area contributed by atoms with E-state index in [1.165, 1.54) is 11.3 Å². The Labute approximate surface area is 263 Å². The van der Waals surface area contributed by atoms with Gasteiger partial charge in [0.15, 0.2) is 4.80 Å². The Hall–Kier alpha value is -3.69. The molecule has 0 saturated heterocycles. The summed E-state index contributed by atoms with van der Waals surface area (Å²) < 4.78 is 20.4. The number of nitrogens with zero attached hydrogens (tertiary/aromatic N) is 2. The zero-order valence-electron chi connectivity index (χ0n) is 24.8. The van der Waals surface area contributed by atoms with Gasteiger partial charge in [0.05, 0.1) is 36.1 Å². The Morgan fingerprint density at radius 1 is 1.07 bits per heavy atom. The van der Waals surface area contributed by atoms with Crippen molar-refractivity contribution in [2.75, 3.05) is 20.3 Å². The summed E-state index contributed by atoms with van der Waals surface area (Å²) >= 11 is 4.88. The number of thiazole rings is 1. The highest BCUT2D eigenvalue weighted by atomic mass is 79.9. The van der Waals surface area contributed by atoms with Gasteiger partial charge in [0.2, 0.25) is 0 Å². The normalized spacial score (nSPS) is 14.9. The Bertz CT molecular complexity index is 1870. The van der Waals surface area contributed by atoms with Crippen LogP contribution in [0.4, 0.5) is 0 Å². The lowest BCUT2D eigenvalue weighted by atomic mass is 9.93. The minimum absolute atomic E-state index is 0.205. The number of rotatable bonds is 11. The van der Waals surface area contributed by atoms with Crippen molar-refractivity contribution in [1.29, 1.82) is 0 Å². The summed E-state index contributed by atoms with van der Waals surface area (Å²) in [5.41, 5.74) is 2.24. The molecular weight excluding hydrogens is 628 g/mol. The molecule has 1 aliphatic heterocycles. The highest BCUT2D eigenvalue weighted by molar-refractivity contribution is 9.10. The number of halogens is 1. The second-order valence-electron chi connectivity index (χ2n) is 10.2. The van der Waals surface area contributed by atoms with Crippen LogP contribution in [0, 0.1) is 0 Å². The number of unbranched alkanes of at least 4 members (excludes halogenated alkanes) is 1. The average Bonchev–Trinajstić information content (AvgIpc) is 3.31. The lowest BCUT2D eigenvalue weighted by Gasteiger charge is -2.27. The third kappa shape index (κ3) is 6.19. The number of fused-ring (bicyclic) bond motifs is 2. The Morgan fingerprint density at radius 2 is 1.86 bits per heavy atom. The fraction of sp³-hybridized carbons (Fsp3) is 0.324. The van der Waals surface area contributed by atoms with E-state index in [9.17, 15) is 9.59 Å². The Kier molecular flexibility index (Phi) is 9.82. The number of benzene rings is 3. The fourth-order valence-corrected chi connectivity index (χ4v) is 6.72. The molecule has 224 valence electrons. The maximum Gasteiger partial charge on any atom is 0.338 e. The van der Waals surface area contributed by atoms with Gasteiger partial charge in [-0.15, -0.1) is 0 Å². The van der Waals surface area contributed by atoms with Gasteiger partial charge in [-0.05, 0) is 60.9 Å². The number of allylic oxidation sites excluding steroid dienone is 1. The van der Waals surface area contributed by atoms with Gasteiger partial charge in [0.1, 0.15) is 17.5 Å². The van der Waals surface area contributed by atoms with Crippen molar-refractivity contribution in [3.05, 3.63) is 101 Å². The number of methoxy groups -OCH3 is 1. The van der Waals surface area contributed by atoms with Crippen LogP contribution in [0.3, 0.4) is 0 Å². The van der Waals surface area contributed by atoms with Crippen LogP contribution in [0.1, 0.15) is 63.6 Å². The van der Waals surface area contributed by atoms with Gasteiger partial charge >= 0.3 is 5.97 Å². The first-order valence-corrected chi connectivity index (χ1v) is 16.2. The van der Waals surface area contributed by atoms with Crippen LogP contribution in [0.25, 0.3) is 16.8 Å². The molecule has 0 saturated carbocycles. The van der Waals surface area contributed by atoms with E-state index in [1.807, 2.05) is 67.6 Å². The first-order valence-electron chi connectivity index (χ1n) is 14.6. The molecule has 43 heavy (non-hydrogen) atoms. The van der Waals surface area contributed by atoms with Crippen molar-refractivity contribution in [3.8, 4) is 11.5 Å². The molecule has 7 nitrogen and oxygen atoms in total. The molecule has 0 amide bonds. The predicted molar refractivity (Wildman–Crippen MR) is 175 cm³/mol. The monoisotopic (exact) mass is 662 g/mol. The molecule has 5 rings (SSSR count). The summed E-state index contributed by atoms with van der Waals surface area (Å²) in [6.07, 6.45) is 5.18. The minimum atomic E-state index is -0.778. The van der Waals surface area contributed by atoms with Crippen LogP contribution in [0.15, 0.2) is 80.1 Å². The van der Waals surface area contributed by atoms with Crippen LogP contribution >= 0.6 is 27.3 Å². The summed E-state index contributed by atoms with van der Waals surface area (Å²) in [4.78, 5) is 33.4. The summed E-state index contributed by atoms with van der Waals surface area (Å²) in [6.45, 7) is 6.72. The van der Waals surface area contributed by atoms with Crippen molar-refractivity contribution < 1.29 is 19.0 Å². The number of esters is 1. The van der Waals surface area contributed by atoms with E-state index in [4.69, 9.17) is 19.2 Å². The van der Waals surface area contributed by atoms with Crippen molar-refractivity contribution in [1.82, 2.24) is 4.57 Å². The van der Waals surface area contributed by atoms with Crippen molar-refractivity contribution >= 4 is 50.1 Å². The molecule has 1 atom stereocenters. The zero-order chi connectivity index (χ0) is 30.5. The molecule has 0 fully saturated rings. The fourth-order valence-electron chi connectivity index (χ4n) is 5.34. The average molecular weight is 664 g/mol. The van der Waals surface area contributed by atoms with E-state index < -0.39 is 12.0 Å². The third-order valence-electron chi connectivity index (χ3n) is 7.34. The van der Waals surface area contributed by atoms with Crippen LogP contribution in [-0.4, -0.2) is 30.9 Å². The van der Waals surface area contributed by atoms with E-state index in [1.54, 1.807) is 18.6 Å². The van der Waals surface area contributed by atoms with Crippen LogP contribution in [0.5, 0.6) is 11.5 Å². The molecular formula is C34H35BrN2O5S. The van der Waals surface area contributed by atoms with Gasteiger partial charge in [-0.25, -0.2) is 9.79 Å². The molecule has 0 radical (unpaired) electrons. The Balaban J connectivity index is 1.81. The van der Waals surface area contributed by atoms with Gasteiger partial charge in [-0.1, -0.05) is 84.3 Å². The molecule has 9 heteroatoms. The highest BCUT2D eigenvalue weighted by Crippen LogP contribution is 2.38. The van der Waals surface area contributed by atoms with Gasteiger partial charge < -0.3 is 14.2 Å². The molecule has 2 heterocycles. The molecule has 0 N–H and O–H groups in total. The van der Waals surface area contributed by atoms with E-state index in [2.05, 4.69) is 22.9 Å². The van der Waals surface area contributed by atoms with E-state index in [-0.39, 0.29) is 12.2 Å². The van der Waals surface area contributed by atoms with Crippen molar-refractivity contribution in [2.24, 2.45) is 4.99 Å². The van der Waals surface area contributed by atoms with Gasteiger partial charge in [-0.2, -0.15) is 0 Å². The first-order chi connectivity index (χ1) is 20.9. The standard InChI is InChI=1S/C34H35BrN2O5S/c1-5-8-18-42-28-16-14-21-12-9-10-13-23(21)24(28)20-29-32(38)37-31(25-19-22(35)15-17-27(25)40-4)30(33(39)41-7-3)26(11-6-2)36-34(37)43-29/h9-10,12-17,19-20,31H,5-8,11,18H2,1-4H3/b29-20+/t31-/m1/s1. The highest BCUT2D eigenvalue weighted by Gasteiger charge is 2.36. The molecule has 0 unspecified atom stereocenters. The van der Waals surface area contributed by atoms with Crippen molar-refractivity contribution in [2.45, 2.75) is 52.5 Å². The second-order valence-corrected chi connectivity index (χ2v) is 12.1. The first kappa shape index (κ1) is 30.8. The molecule has 0 aliphatic carbocycles. The molecule has 0 spiro atoms. The molecule has 1 aliphatic rings. The molecule has 1 aromatic heterocycles. The number of ether oxygens (including phenoxy) is 3. The van der Waals surface area contributed by atoms with E-state index in [0.29, 0.717) is 44.9 Å². The lowest BCUT2D eigenvalue weighted by molar-refractivity contribution is -0.139. The van der Waals surface area contributed by atoms with Crippen LogP contribution in [-0.2, 0) is 9.53 Å². The topological polar surface area (TPSA) is 79.1 Å². The zero-order valence-corrected chi connectivity index (χ0v) is 27.2. The van der Waals surface area contributed by atoms with Crippen LogP contribution < -0.4 is 24.4 Å². The number of carbonyl (C=O) groups is 1. The third-order valence-corrected chi connectivity index (χ3v) is 8.82. The number of carbonyl (C=O) groups excluding carboxylic acids is 1. The van der Waals surface area contributed by atoms with Gasteiger partial charge in [0, 0.05) is 15.6 Å². The maximum atomic E-state index is 14.4. The number of aromatic nitrogens is 1. The van der Waals surface area contributed by atoms with Gasteiger partial charge in [-0.3, -0.25) is 9.36 Å². The predicted octanol–water partition coefficient (Wildman–Crippen LogP) is 6.68. The lowest BCUT2D eigenvalue weighted by Crippen LogP contribution is -2.40. The summed E-state index contributed by atoms with van der Waals surface area (Å²) in [5, 5.41) is 2.04. The van der Waals surface area contributed by atoms with Crippen LogP contribution in [0.2, 0.25) is 0 Å². The number of hydrogen-bond acceptors (Lipinski definition) is 7. The summed E-state index contributed by atoms with van der Waals surface area (Å²) in [6, 6.07) is 16.9. The SMILES string of the molecule is CCCCOc1ccc2ccccc2c1/C=c1/sc2n(c1=O)[C@H](c1cc(Br)ccc1OC)C(C(=O)OCC)=C(CCC)N=2. The summed E-state index contributed by atoms with van der Waals surface area (Å²) in [7, 11) is 1.58. The summed E-state index contributed by atoms with van der Waals surface area (Å²) in [5.74, 6) is 0.793. The number of hydrogen-bond donors (Lipinski definition) is 0. The minimum Gasteiger partial charge on any atom is -0.496 e. The quantitative estimate of drug-likeness (QED) is 0.132. The molecule has 0 bridgehead atoms. The van der Waals surface area contributed by atoms with Gasteiger partial charge in [0.25, 0.3) is 5.56 Å². The second kappa shape index (κ2) is 13.7. The largest absolute Gasteiger partial charge is 0.496 e. The van der Waals surface area contributed by atoms with E-state index in [0.717, 1.165) is 45.8 Å². The van der Waals surface area contributed by atoms with Crippen molar-refractivity contribution in [3.63, 3.8) is 0 Å². The Morgan fingerprint density at radius 3 is 2.60 bits per heavy atom. The smallest absolute Gasteiger partial charge is 0.338 e.